The Hall–Kier alpha value is -2.15. The maximum Gasteiger partial charge on any atom is 0.250 e. The van der Waals surface area contributed by atoms with Crippen molar-refractivity contribution < 1.29 is 0 Å². The molecule has 0 saturated heterocycles. The highest BCUT2D eigenvalue weighted by Crippen LogP contribution is 2.38. The molecule has 7 nitrogen and oxygen atoms in total. The van der Waals surface area contributed by atoms with Crippen molar-refractivity contribution >= 4 is 23.4 Å². The van der Waals surface area contributed by atoms with E-state index in [1.165, 1.54) is 6.33 Å². The first-order valence-corrected chi connectivity index (χ1v) is 7.01. The standard InChI is InChI=1S/C13H15ClN6O/c1-6-11(14)12(20-13(15)18-6)19-8-2-7(3-8)9-4-10(21)17-5-16-9/h4-5,7-8H,2-3H2,1H3,(H,16,17,21)(H3,15,18,19,20). The quantitative estimate of drug-likeness (QED) is 0.792. The number of H-pyrrole nitrogens is 1. The van der Waals surface area contributed by atoms with Gasteiger partial charge in [0.15, 0.2) is 5.82 Å². The van der Waals surface area contributed by atoms with Gasteiger partial charge in [0.05, 0.1) is 17.7 Å². The van der Waals surface area contributed by atoms with Gasteiger partial charge in [-0.25, -0.2) is 9.97 Å². The molecule has 2 aromatic heterocycles. The fourth-order valence-corrected chi connectivity index (χ4v) is 2.59. The van der Waals surface area contributed by atoms with Crippen molar-refractivity contribution in [1.82, 2.24) is 19.9 Å². The van der Waals surface area contributed by atoms with Crippen molar-refractivity contribution in [2.24, 2.45) is 0 Å². The number of aromatic amines is 1. The molecular weight excluding hydrogens is 292 g/mol. The van der Waals surface area contributed by atoms with Gasteiger partial charge in [-0.15, -0.1) is 0 Å². The number of nitrogens with zero attached hydrogens (tertiary/aromatic N) is 3. The molecule has 2 heterocycles. The summed E-state index contributed by atoms with van der Waals surface area (Å²) < 4.78 is 0. The van der Waals surface area contributed by atoms with Gasteiger partial charge in [-0.1, -0.05) is 11.6 Å². The van der Waals surface area contributed by atoms with Crippen LogP contribution in [-0.4, -0.2) is 26.0 Å². The predicted molar refractivity (Wildman–Crippen MR) is 80.4 cm³/mol. The van der Waals surface area contributed by atoms with Crippen molar-refractivity contribution in [3.05, 3.63) is 39.2 Å². The number of nitrogens with two attached hydrogens (primary N) is 1. The Balaban J connectivity index is 1.66. The van der Waals surface area contributed by atoms with Gasteiger partial charge >= 0.3 is 0 Å². The summed E-state index contributed by atoms with van der Waals surface area (Å²) in [7, 11) is 0. The molecule has 0 aliphatic heterocycles. The van der Waals surface area contributed by atoms with Crippen LogP contribution in [-0.2, 0) is 0 Å². The average molecular weight is 307 g/mol. The summed E-state index contributed by atoms with van der Waals surface area (Å²) >= 11 is 6.16. The van der Waals surface area contributed by atoms with Crippen LogP contribution in [0.15, 0.2) is 17.2 Å². The van der Waals surface area contributed by atoms with Crippen LogP contribution < -0.4 is 16.6 Å². The predicted octanol–water partition coefficient (Wildman–Crippen LogP) is 1.46. The summed E-state index contributed by atoms with van der Waals surface area (Å²) in [5, 5.41) is 3.75. The Kier molecular flexibility index (Phi) is 3.50. The van der Waals surface area contributed by atoms with Crippen molar-refractivity contribution in [1.29, 1.82) is 0 Å². The molecule has 2 aromatic rings. The molecule has 0 unspecified atom stereocenters. The average Bonchev–Trinajstić information content (AvgIpc) is 2.38. The fraction of sp³-hybridized carbons (Fsp3) is 0.385. The molecule has 110 valence electrons. The van der Waals surface area contributed by atoms with E-state index < -0.39 is 0 Å². The van der Waals surface area contributed by atoms with Crippen LogP contribution in [0.25, 0.3) is 0 Å². The first-order valence-electron chi connectivity index (χ1n) is 6.63. The summed E-state index contributed by atoms with van der Waals surface area (Å²) in [6, 6.07) is 1.78. The molecule has 4 N–H and O–H groups in total. The molecule has 1 aliphatic rings. The van der Waals surface area contributed by atoms with Gasteiger partial charge in [-0.05, 0) is 19.8 Å². The number of aromatic nitrogens is 4. The van der Waals surface area contributed by atoms with Crippen molar-refractivity contribution in [2.75, 3.05) is 11.1 Å². The number of rotatable bonds is 3. The molecule has 0 atom stereocenters. The van der Waals surface area contributed by atoms with Crippen LogP contribution in [0.2, 0.25) is 5.02 Å². The first kappa shape index (κ1) is 13.8. The van der Waals surface area contributed by atoms with E-state index >= 15 is 0 Å². The van der Waals surface area contributed by atoms with Crippen molar-refractivity contribution in [3.8, 4) is 0 Å². The zero-order valence-corrected chi connectivity index (χ0v) is 12.2. The van der Waals surface area contributed by atoms with E-state index in [9.17, 15) is 4.79 Å². The van der Waals surface area contributed by atoms with E-state index in [0.717, 1.165) is 18.5 Å². The van der Waals surface area contributed by atoms with Crippen LogP contribution in [0, 0.1) is 6.92 Å². The van der Waals surface area contributed by atoms with Crippen molar-refractivity contribution in [3.63, 3.8) is 0 Å². The largest absolute Gasteiger partial charge is 0.368 e. The summed E-state index contributed by atoms with van der Waals surface area (Å²) in [6.45, 7) is 1.79. The highest BCUT2D eigenvalue weighted by Gasteiger charge is 2.32. The number of halogens is 1. The lowest BCUT2D eigenvalue weighted by molar-refractivity contribution is 0.366. The highest BCUT2D eigenvalue weighted by molar-refractivity contribution is 6.33. The van der Waals surface area contributed by atoms with Crippen LogP contribution in [0.1, 0.15) is 30.1 Å². The van der Waals surface area contributed by atoms with Crippen LogP contribution >= 0.6 is 11.6 Å². The number of nitrogen functional groups attached to an aromatic ring is 1. The zero-order valence-electron chi connectivity index (χ0n) is 11.4. The maximum atomic E-state index is 11.3. The number of anilines is 2. The molecule has 1 aliphatic carbocycles. The molecule has 3 rings (SSSR count). The Morgan fingerprint density at radius 1 is 1.43 bits per heavy atom. The van der Waals surface area contributed by atoms with Crippen molar-refractivity contribution in [2.45, 2.75) is 31.7 Å². The fourth-order valence-electron chi connectivity index (χ4n) is 2.45. The highest BCUT2D eigenvalue weighted by atomic mass is 35.5. The van der Waals surface area contributed by atoms with E-state index in [2.05, 4.69) is 25.3 Å². The van der Waals surface area contributed by atoms with Crippen LogP contribution in [0.5, 0.6) is 0 Å². The molecule has 1 saturated carbocycles. The lowest BCUT2D eigenvalue weighted by Gasteiger charge is -2.35. The molecule has 21 heavy (non-hydrogen) atoms. The monoisotopic (exact) mass is 306 g/mol. The third kappa shape index (κ3) is 2.82. The van der Waals surface area contributed by atoms with Gasteiger partial charge in [0.2, 0.25) is 5.95 Å². The second-order valence-corrected chi connectivity index (χ2v) is 5.55. The number of hydrogen-bond acceptors (Lipinski definition) is 6. The first-order chi connectivity index (χ1) is 10.0. The Bertz CT molecular complexity index is 725. The van der Waals surface area contributed by atoms with E-state index in [-0.39, 0.29) is 23.5 Å². The van der Waals surface area contributed by atoms with Gasteiger partial charge in [-0.2, -0.15) is 4.98 Å². The van der Waals surface area contributed by atoms with E-state index in [1.54, 1.807) is 13.0 Å². The Labute approximate surface area is 126 Å². The van der Waals surface area contributed by atoms with E-state index in [4.69, 9.17) is 17.3 Å². The molecule has 1 fully saturated rings. The minimum atomic E-state index is -0.126. The van der Waals surface area contributed by atoms with Crippen LogP contribution in [0.3, 0.4) is 0 Å². The Morgan fingerprint density at radius 2 is 2.19 bits per heavy atom. The van der Waals surface area contributed by atoms with Gasteiger partial charge in [-0.3, -0.25) is 4.79 Å². The Morgan fingerprint density at radius 3 is 2.90 bits per heavy atom. The normalized spacial score (nSPS) is 20.9. The number of aryl methyl sites for hydroxylation is 1. The van der Waals surface area contributed by atoms with Gasteiger partial charge in [0.1, 0.15) is 5.02 Å². The van der Waals surface area contributed by atoms with Crippen LogP contribution in [0.4, 0.5) is 11.8 Å². The number of nitrogens with one attached hydrogen (secondary N) is 2. The topological polar surface area (TPSA) is 110 Å². The smallest absolute Gasteiger partial charge is 0.250 e. The van der Waals surface area contributed by atoms with E-state index in [1.807, 2.05) is 0 Å². The summed E-state index contributed by atoms with van der Waals surface area (Å²) in [4.78, 5) is 26.1. The molecule has 0 spiro atoms. The molecule has 0 amide bonds. The summed E-state index contributed by atoms with van der Waals surface area (Å²) in [5.41, 5.74) is 6.98. The SMILES string of the molecule is Cc1nc(N)nc(NC2CC(c3cc(=O)[nH]cn3)C2)c1Cl. The third-order valence-electron chi connectivity index (χ3n) is 3.63. The molecule has 0 radical (unpaired) electrons. The van der Waals surface area contributed by atoms with Gasteiger partial charge in [0, 0.05) is 18.0 Å². The van der Waals surface area contributed by atoms with Gasteiger partial charge in [0.25, 0.3) is 5.56 Å². The minimum absolute atomic E-state index is 0.126. The zero-order chi connectivity index (χ0) is 15.0. The summed E-state index contributed by atoms with van der Waals surface area (Å²) in [5.74, 6) is 1.04. The lowest BCUT2D eigenvalue weighted by atomic mass is 9.78. The summed E-state index contributed by atoms with van der Waals surface area (Å²) in [6.07, 6.45) is 3.18. The maximum absolute atomic E-state index is 11.3. The minimum Gasteiger partial charge on any atom is -0.368 e. The molecular formula is C13H15ClN6O. The molecule has 0 aromatic carbocycles. The molecule has 0 bridgehead atoms. The third-order valence-corrected chi connectivity index (χ3v) is 4.08. The lowest BCUT2D eigenvalue weighted by Crippen LogP contribution is -2.35. The second kappa shape index (κ2) is 5.33. The number of hydrogen-bond donors (Lipinski definition) is 3. The second-order valence-electron chi connectivity index (χ2n) is 5.18. The van der Waals surface area contributed by atoms with E-state index in [0.29, 0.717) is 16.5 Å². The molecule has 8 heteroatoms. The van der Waals surface area contributed by atoms with Gasteiger partial charge < -0.3 is 16.0 Å².